The number of rotatable bonds is 8. The monoisotopic (exact) mass is 547 g/mol. The number of benzene rings is 3. The molecular formula is C28H26FN5O4S. The number of nitrogens with two attached hydrogens (primary N) is 2. The summed E-state index contributed by atoms with van der Waals surface area (Å²) in [6.45, 7) is 3.77. The molecular weight excluding hydrogens is 521 g/mol. The Labute approximate surface area is 228 Å². The molecule has 1 aromatic heterocycles. The molecule has 0 aliphatic carbocycles. The van der Waals surface area contributed by atoms with Crippen LogP contribution in [0.5, 0.6) is 5.75 Å². The van der Waals surface area contributed by atoms with Crippen LogP contribution in [0, 0.1) is 19.7 Å². The van der Waals surface area contributed by atoms with E-state index in [0.29, 0.717) is 33.9 Å². The largest absolute Gasteiger partial charge is 0.508 e. The summed E-state index contributed by atoms with van der Waals surface area (Å²) in [6.07, 6.45) is 0. The van der Waals surface area contributed by atoms with Crippen molar-refractivity contribution in [2.75, 3.05) is 10.6 Å². The summed E-state index contributed by atoms with van der Waals surface area (Å²) < 4.78 is 17.3. The van der Waals surface area contributed by atoms with E-state index in [4.69, 9.17) is 11.5 Å². The second kappa shape index (κ2) is 11.3. The quantitative estimate of drug-likeness (QED) is 0.262. The predicted octanol–water partition coefficient (Wildman–Crippen LogP) is 3.99. The maximum absolute atomic E-state index is 14.1. The van der Waals surface area contributed by atoms with Crippen LogP contribution in [-0.4, -0.2) is 27.2 Å². The minimum Gasteiger partial charge on any atom is -0.508 e. The highest BCUT2D eigenvalue weighted by Crippen LogP contribution is 2.35. The summed E-state index contributed by atoms with van der Waals surface area (Å²) in [4.78, 5) is 41.0. The molecule has 0 saturated carbocycles. The van der Waals surface area contributed by atoms with Gasteiger partial charge in [0.1, 0.15) is 22.5 Å². The van der Waals surface area contributed by atoms with E-state index in [1.165, 1.54) is 41.3 Å². The first-order valence-corrected chi connectivity index (χ1v) is 12.6. The number of nitrogen functional groups attached to an aromatic ring is 1. The van der Waals surface area contributed by atoms with Gasteiger partial charge in [0.25, 0.3) is 11.8 Å². The normalized spacial score (nSPS) is 11.6. The second-order valence-electron chi connectivity index (χ2n) is 8.94. The van der Waals surface area contributed by atoms with E-state index in [1.807, 2.05) is 13.0 Å². The number of hydrogen-bond acceptors (Lipinski definition) is 7. The molecule has 0 unspecified atom stereocenters. The molecule has 3 aromatic carbocycles. The maximum Gasteiger partial charge on any atom is 0.273 e. The number of aromatic nitrogens is 1. The van der Waals surface area contributed by atoms with Crippen molar-refractivity contribution in [1.29, 1.82) is 0 Å². The lowest BCUT2D eigenvalue weighted by Crippen LogP contribution is -2.44. The third kappa shape index (κ3) is 5.88. The van der Waals surface area contributed by atoms with E-state index in [1.54, 1.807) is 31.2 Å². The zero-order chi connectivity index (χ0) is 28.3. The van der Waals surface area contributed by atoms with Crippen LogP contribution in [0.1, 0.15) is 48.5 Å². The zero-order valence-corrected chi connectivity index (χ0v) is 22.0. The molecule has 39 heavy (non-hydrogen) atoms. The van der Waals surface area contributed by atoms with Crippen molar-refractivity contribution < 1.29 is 23.9 Å². The highest BCUT2D eigenvalue weighted by atomic mass is 32.1. The number of phenolic OH excluding ortho intramolecular Hbond substituents is 1. The number of carbonyl (C=O) groups excluding carboxylic acids is 3. The van der Waals surface area contributed by atoms with E-state index in [2.05, 4.69) is 9.69 Å². The van der Waals surface area contributed by atoms with Crippen LogP contribution < -0.4 is 21.7 Å². The Balaban J connectivity index is 1.84. The predicted molar refractivity (Wildman–Crippen MR) is 147 cm³/mol. The average Bonchev–Trinajstić information content (AvgIpc) is 3.29. The molecule has 3 amide bonds. The molecule has 1 atom stereocenters. The molecule has 4 aromatic rings. The van der Waals surface area contributed by atoms with Crippen molar-refractivity contribution in [2.24, 2.45) is 5.73 Å². The van der Waals surface area contributed by atoms with Crippen LogP contribution >= 0.6 is 11.5 Å². The Bertz CT molecular complexity index is 1540. The number of primary amides is 1. The fraction of sp³-hybridized carbons (Fsp3) is 0.143. The first kappa shape index (κ1) is 27.3. The second-order valence-corrected chi connectivity index (χ2v) is 9.72. The van der Waals surface area contributed by atoms with Crippen molar-refractivity contribution in [3.8, 4) is 5.75 Å². The standard InChI is InChI=1S/C28H26FN5O4S/c1-15-3-12-21(16(2)13-15)34(28(38)25-22(30)23(26(31)36)33-39-25)24(18-6-10-20(35)11-7-18)27(37)32-14-17-4-8-19(29)9-5-17/h3-13,24,35H,14,30H2,1-2H3,(H2,31,36)(H,32,37)/t24-/m0/s1. The number of anilines is 2. The van der Waals surface area contributed by atoms with Gasteiger partial charge >= 0.3 is 0 Å². The molecule has 200 valence electrons. The van der Waals surface area contributed by atoms with Crippen LogP contribution in [0.25, 0.3) is 0 Å². The Morgan fingerprint density at radius 3 is 2.31 bits per heavy atom. The topological polar surface area (TPSA) is 152 Å². The van der Waals surface area contributed by atoms with Gasteiger partial charge in [0.05, 0.1) is 5.69 Å². The zero-order valence-electron chi connectivity index (χ0n) is 21.1. The summed E-state index contributed by atoms with van der Waals surface area (Å²) in [5, 5.41) is 12.7. The number of aryl methyl sites for hydroxylation is 2. The van der Waals surface area contributed by atoms with Gasteiger partial charge in [-0.05, 0) is 72.4 Å². The van der Waals surface area contributed by atoms with Crippen molar-refractivity contribution in [2.45, 2.75) is 26.4 Å². The first-order valence-electron chi connectivity index (χ1n) is 11.8. The third-order valence-electron chi connectivity index (χ3n) is 6.08. The van der Waals surface area contributed by atoms with Gasteiger partial charge in [0.2, 0.25) is 5.91 Å². The summed E-state index contributed by atoms with van der Waals surface area (Å²) in [7, 11) is 0. The van der Waals surface area contributed by atoms with Crippen LogP contribution in [0.4, 0.5) is 15.8 Å². The molecule has 0 spiro atoms. The van der Waals surface area contributed by atoms with E-state index < -0.39 is 29.6 Å². The smallest absolute Gasteiger partial charge is 0.273 e. The van der Waals surface area contributed by atoms with Crippen molar-refractivity contribution in [3.63, 3.8) is 0 Å². The number of amides is 3. The van der Waals surface area contributed by atoms with Gasteiger partial charge in [0.15, 0.2) is 5.69 Å². The van der Waals surface area contributed by atoms with Gasteiger partial charge in [-0.15, -0.1) is 0 Å². The minimum atomic E-state index is -1.22. The summed E-state index contributed by atoms with van der Waals surface area (Å²) >= 11 is 0.709. The molecule has 11 heteroatoms. The summed E-state index contributed by atoms with van der Waals surface area (Å²) in [5.41, 5.74) is 14.2. The molecule has 0 radical (unpaired) electrons. The van der Waals surface area contributed by atoms with E-state index in [-0.39, 0.29) is 28.6 Å². The average molecular weight is 548 g/mol. The molecule has 0 saturated heterocycles. The van der Waals surface area contributed by atoms with Crippen molar-refractivity contribution in [1.82, 2.24) is 9.69 Å². The maximum atomic E-state index is 14.1. The van der Waals surface area contributed by atoms with Crippen LogP contribution in [-0.2, 0) is 11.3 Å². The lowest BCUT2D eigenvalue weighted by atomic mass is 10.00. The van der Waals surface area contributed by atoms with Gasteiger partial charge in [-0.1, -0.05) is 42.0 Å². The van der Waals surface area contributed by atoms with Crippen LogP contribution in [0.3, 0.4) is 0 Å². The summed E-state index contributed by atoms with van der Waals surface area (Å²) in [5.74, 6) is -2.52. The number of aromatic hydroxyl groups is 1. The molecule has 0 fully saturated rings. The molecule has 0 aliphatic rings. The van der Waals surface area contributed by atoms with Gasteiger partial charge in [-0.3, -0.25) is 19.3 Å². The Kier molecular flexibility index (Phi) is 7.91. The molecule has 9 nitrogen and oxygen atoms in total. The number of carbonyl (C=O) groups is 3. The number of phenols is 1. The highest BCUT2D eigenvalue weighted by Gasteiger charge is 2.36. The molecule has 4 rings (SSSR count). The van der Waals surface area contributed by atoms with Crippen molar-refractivity contribution in [3.05, 3.63) is 105 Å². The highest BCUT2D eigenvalue weighted by molar-refractivity contribution is 7.09. The fourth-order valence-electron chi connectivity index (χ4n) is 4.14. The van der Waals surface area contributed by atoms with Gasteiger partial charge in [-0.25, -0.2) is 4.39 Å². The Morgan fingerprint density at radius 1 is 1.05 bits per heavy atom. The lowest BCUT2D eigenvalue weighted by Gasteiger charge is -2.32. The van der Waals surface area contributed by atoms with Gasteiger partial charge in [-0.2, -0.15) is 4.37 Å². The van der Waals surface area contributed by atoms with Crippen molar-refractivity contribution >= 4 is 40.6 Å². The number of hydrogen-bond donors (Lipinski definition) is 4. The molecule has 0 aliphatic heterocycles. The van der Waals surface area contributed by atoms with Gasteiger partial charge < -0.3 is 21.9 Å². The molecule has 6 N–H and O–H groups in total. The summed E-state index contributed by atoms with van der Waals surface area (Å²) in [6, 6.07) is 15.7. The SMILES string of the molecule is Cc1ccc(N(C(=O)c2snc(C(N)=O)c2N)[C@H](C(=O)NCc2ccc(F)cc2)c2ccc(O)cc2)c(C)c1. The Hall–Kier alpha value is -4.77. The van der Waals surface area contributed by atoms with E-state index in [0.717, 1.165) is 5.56 Å². The first-order chi connectivity index (χ1) is 18.6. The van der Waals surface area contributed by atoms with Gasteiger partial charge in [0, 0.05) is 12.2 Å². The molecule has 0 bridgehead atoms. The minimum absolute atomic E-state index is 0.0218. The lowest BCUT2D eigenvalue weighted by molar-refractivity contribution is -0.122. The third-order valence-corrected chi connectivity index (χ3v) is 6.93. The Morgan fingerprint density at radius 2 is 1.72 bits per heavy atom. The number of nitrogens with one attached hydrogen (secondary N) is 1. The number of halogens is 1. The van der Waals surface area contributed by atoms with Crippen LogP contribution in [0.2, 0.25) is 0 Å². The van der Waals surface area contributed by atoms with E-state index in [9.17, 15) is 23.9 Å². The van der Waals surface area contributed by atoms with E-state index >= 15 is 0 Å². The number of nitrogens with zero attached hydrogens (tertiary/aromatic N) is 2. The fourth-order valence-corrected chi connectivity index (χ4v) is 4.88. The molecule has 1 heterocycles. The van der Waals surface area contributed by atoms with Crippen LogP contribution in [0.15, 0.2) is 66.7 Å².